The third kappa shape index (κ3) is 4.56. The maximum atomic E-state index is 13.2. The van der Waals surface area contributed by atoms with Crippen molar-refractivity contribution in [3.63, 3.8) is 0 Å². The number of primary amides is 1. The van der Waals surface area contributed by atoms with Gasteiger partial charge in [-0.15, -0.1) is 0 Å². The summed E-state index contributed by atoms with van der Waals surface area (Å²) in [7, 11) is 0. The molecule has 0 aromatic heterocycles. The first-order valence-electron chi connectivity index (χ1n) is 8.71. The van der Waals surface area contributed by atoms with Crippen LogP contribution in [-0.4, -0.2) is 41.1 Å². The van der Waals surface area contributed by atoms with Gasteiger partial charge in [-0.1, -0.05) is 42.5 Å². The second-order valence-electron chi connectivity index (χ2n) is 6.58. The molecule has 3 rings (SSSR count). The van der Waals surface area contributed by atoms with Gasteiger partial charge in [0.15, 0.2) is 0 Å². The molecule has 2 unspecified atom stereocenters. The lowest BCUT2D eigenvalue weighted by Crippen LogP contribution is -2.51. The number of fused-ring (bicyclic) bond motifs is 1. The molecule has 0 radical (unpaired) electrons. The Morgan fingerprint density at radius 1 is 0.966 bits per heavy atom. The van der Waals surface area contributed by atoms with Gasteiger partial charge >= 0.3 is 12.3 Å². The van der Waals surface area contributed by atoms with Gasteiger partial charge in [0.1, 0.15) is 6.10 Å². The zero-order chi connectivity index (χ0) is 21.2. The summed E-state index contributed by atoms with van der Waals surface area (Å²) in [6.07, 6.45) is -9.68. The Labute approximate surface area is 164 Å². The van der Waals surface area contributed by atoms with Crippen molar-refractivity contribution in [2.45, 2.75) is 31.2 Å². The van der Waals surface area contributed by atoms with Gasteiger partial charge in [-0.2, -0.15) is 13.2 Å². The van der Waals surface area contributed by atoms with E-state index in [2.05, 4.69) is 0 Å². The molecular weight excluding hydrogens is 389 g/mol. The third-order valence-electron chi connectivity index (χ3n) is 4.57. The number of ether oxygens (including phenoxy) is 1. The molecule has 6 nitrogen and oxygen atoms in total. The fraction of sp³-hybridized carbons (Fsp3) is 0.250. The lowest BCUT2D eigenvalue weighted by molar-refractivity contribution is -0.158. The molecule has 29 heavy (non-hydrogen) atoms. The molecule has 2 N–H and O–H groups in total. The van der Waals surface area contributed by atoms with E-state index in [9.17, 15) is 27.6 Å². The van der Waals surface area contributed by atoms with Crippen molar-refractivity contribution in [1.82, 2.24) is 4.90 Å². The van der Waals surface area contributed by atoms with E-state index in [1.54, 1.807) is 42.5 Å². The molecule has 1 aliphatic rings. The number of rotatable bonds is 6. The van der Waals surface area contributed by atoms with E-state index in [1.165, 1.54) is 12.1 Å². The maximum absolute atomic E-state index is 13.2. The average Bonchev–Trinajstić information content (AvgIpc) is 2.90. The zero-order valence-electron chi connectivity index (χ0n) is 15.1. The maximum Gasteiger partial charge on any atom is 0.404 e. The number of carbonyl (C=O) groups excluding carboxylic acids is 3. The van der Waals surface area contributed by atoms with Gasteiger partial charge in [0.25, 0.3) is 11.8 Å². The fourth-order valence-electron chi connectivity index (χ4n) is 3.39. The molecule has 0 spiro atoms. The molecule has 152 valence electrons. The minimum absolute atomic E-state index is 0.0837. The molecule has 1 heterocycles. The van der Waals surface area contributed by atoms with Crippen LogP contribution in [0, 0.1) is 0 Å². The minimum Gasteiger partial charge on any atom is -0.444 e. The van der Waals surface area contributed by atoms with Gasteiger partial charge in [-0.3, -0.25) is 14.5 Å². The van der Waals surface area contributed by atoms with Crippen LogP contribution >= 0.6 is 0 Å². The van der Waals surface area contributed by atoms with E-state index in [1.807, 2.05) is 0 Å². The predicted octanol–water partition coefficient (Wildman–Crippen LogP) is 3.31. The van der Waals surface area contributed by atoms with Gasteiger partial charge in [0.2, 0.25) is 0 Å². The summed E-state index contributed by atoms with van der Waals surface area (Å²) in [5, 5.41) is 0. The molecule has 2 aromatic rings. The Hall–Kier alpha value is -3.36. The molecule has 0 fully saturated rings. The second kappa shape index (κ2) is 7.94. The van der Waals surface area contributed by atoms with Crippen molar-refractivity contribution in [3.05, 3.63) is 71.3 Å². The number of carbonyl (C=O) groups is 3. The summed E-state index contributed by atoms with van der Waals surface area (Å²) in [5.74, 6) is -1.49. The normalized spacial score (nSPS) is 15.8. The Morgan fingerprint density at radius 3 is 1.97 bits per heavy atom. The van der Waals surface area contributed by atoms with Crippen LogP contribution in [0.1, 0.15) is 32.7 Å². The number of benzene rings is 2. The average molecular weight is 406 g/mol. The van der Waals surface area contributed by atoms with Crippen LogP contribution in [0.5, 0.6) is 0 Å². The fourth-order valence-corrected chi connectivity index (χ4v) is 3.39. The molecule has 0 bridgehead atoms. The summed E-state index contributed by atoms with van der Waals surface area (Å²) in [5.41, 5.74) is 5.71. The molecule has 2 atom stereocenters. The van der Waals surface area contributed by atoms with Crippen molar-refractivity contribution >= 4 is 17.9 Å². The van der Waals surface area contributed by atoms with Gasteiger partial charge in [-0.25, -0.2) is 4.79 Å². The van der Waals surface area contributed by atoms with Crippen molar-refractivity contribution in [2.75, 3.05) is 0 Å². The first-order chi connectivity index (χ1) is 13.7. The standard InChI is InChI=1S/C20H17F3N2O4/c21-20(22,23)11-16(29-19(24)28)15(10-12-6-2-1-3-7-12)25-17(26)13-8-4-5-9-14(13)18(25)27/h1-9,15-16H,10-11H2,(H2,24,28). The largest absolute Gasteiger partial charge is 0.444 e. The predicted molar refractivity (Wildman–Crippen MR) is 96.0 cm³/mol. The van der Waals surface area contributed by atoms with E-state index in [4.69, 9.17) is 10.5 Å². The van der Waals surface area contributed by atoms with E-state index in [0.29, 0.717) is 5.56 Å². The zero-order valence-corrected chi connectivity index (χ0v) is 15.1. The summed E-state index contributed by atoms with van der Waals surface area (Å²) >= 11 is 0. The van der Waals surface area contributed by atoms with Crippen LogP contribution in [0.2, 0.25) is 0 Å². The Bertz CT molecular complexity index is 896. The Morgan fingerprint density at radius 2 is 1.48 bits per heavy atom. The Balaban J connectivity index is 2.03. The number of nitrogens with zero attached hydrogens (tertiary/aromatic N) is 1. The minimum atomic E-state index is -4.71. The van der Waals surface area contributed by atoms with E-state index in [0.717, 1.165) is 4.90 Å². The van der Waals surface area contributed by atoms with Crippen LogP contribution in [0.15, 0.2) is 54.6 Å². The van der Waals surface area contributed by atoms with Crippen LogP contribution in [0.4, 0.5) is 18.0 Å². The van der Waals surface area contributed by atoms with Gasteiger partial charge in [-0.05, 0) is 24.1 Å². The van der Waals surface area contributed by atoms with Crippen molar-refractivity contribution < 1.29 is 32.3 Å². The lowest BCUT2D eigenvalue weighted by Gasteiger charge is -2.33. The molecule has 2 aromatic carbocycles. The highest BCUT2D eigenvalue weighted by atomic mass is 19.4. The molecular formula is C20H17F3N2O4. The van der Waals surface area contributed by atoms with Gasteiger partial charge < -0.3 is 10.5 Å². The SMILES string of the molecule is NC(=O)OC(CC(F)(F)F)C(Cc1ccccc1)N1C(=O)c2ccccc2C1=O. The van der Waals surface area contributed by atoms with Crippen LogP contribution < -0.4 is 5.73 Å². The molecule has 3 amide bonds. The number of hydrogen-bond donors (Lipinski definition) is 1. The molecule has 1 aliphatic heterocycles. The topological polar surface area (TPSA) is 89.7 Å². The number of alkyl halides is 3. The number of halogens is 3. The smallest absolute Gasteiger partial charge is 0.404 e. The quantitative estimate of drug-likeness (QED) is 0.746. The monoisotopic (exact) mass is 406 g/mol. The highest BCUT2D eigenvalue weighted by molar-refractivity contribution is 6.21. The first kappa shape index (κ1) is 20.4. The number of imide groups is 1. The summed E-state index contributed by atoms with van der Waals surface area (Å²) in [6, 6.07) is 12.9. The highest BCUT2D eigenvalue weighted by Crippen LogP contribution is 2.32. The van der Waals surface area contributed by atoms with Gasteiger partial charge in [0.05, 0.1) is 23.6 Å². The molecule has 0 saturated carbocycles. The van der Waals surface area contributed by atoms with Crippen molar-refractivity contribution in [2.24, 2.45) is 5.73 Å². The van der Waals surface area contributed by atoms with Crippen LogP contribution in [0.25, 0.3) is 0 Å². The second-order valence-corrected chi connectivity index (χ2v) is 6.58. The third-order valence-corrected chi connectivity index (χ3v) is 4.57. The Kier molecular flexibility index (Phi) is 5.58. The molecule has 9 heteroatoms. The number of nitrogens with two attached hydrogens (primary N) is 1. The van der Waals surface area contributed by atoms with E-state index in [-0.39, 0.29) is 17.5 Å². The van der Waals surface area contributed by atoms with Crippen LogP contribution in [-0.2, 0) is 11.2 Å². The first-order valence-corrected chi connectivity index (χ1v) is 8.71. The van der Waals surface area contributed by atoms with Gasteiger partial charge in [0, 0.05) is 0 Å². The van der Waals surface area contributed by atoms with E-state index < -0.39 is 42.7 Å². The van der Waals surface area contributed by atoms with E-state index >= 15 is 0 Å². The molecule has 0 saturated heterocycles. The summed E-state index contributed by atoms with van der Waals surface area (Å²) < 4.78 is 44.3. The lowest BCUT2D eigenvalue weighted by atomic mass is 9.97. The molecule has 0 aliphatic carbocycles. The van der Waals surface area contributed by atoms with Crippen molar-refractivity contribution in [3.8, 4) is 0 Å². The highest BCUT2D eigenvalue weighted by Gasteiger charge is 2.47. The summed E-state index contributed by atoms with van der Waals surface area (Å²) in [6.45, 7) is 0. The van der Waals surface area contributed by atoms with Crippen LogP contribution in [0.3, 0.4) is 0 Å². The van der Waals surface area contributed by atoms with Crippen molar-refractivity contribution in [1.29, 1.82) is 0 Å². The number of hydrogen-bond acceptors (Lipinski definition) is 4. The number of amides is 3. The summed E-state index contributed by atoms with van der Waals surface area (Å²) in [4.78, 5) is 37.7.